The Bertz CT molecular complexity index is 751. The normalized spacial score (nSPS) is 14.6. The minimum Gasteiger partial charge on any atom is -0.489 e. The van der Waals surface area contributed by atoms with E-state index < -0.39 is 0 Å². The first-order chi connectivity index (χ1) is 10.6. The average Bonchev–Trinajstić information content (AvgIpc) is 3.08. The molecule has 3 rings (SSSR count). The van der Waals surface area contributed by atoms with Gasteiger partial charge in [-0.1, -0.05) is 11.6 Å². The molecule has 1 aliphatic rings. The number of carbonyl (C=O) groups excluding carboxylic acids is 1. The van der Waals surface area contributed by atoms with E-state index in [9.17, 15) is 4.79 Å². The second-order valence-electron chi connectivity index (χ2n) is 5.21. The summed E-state index contributed by atoms with van der Waals surface area (Å²) >= 11 is 1.57. The van der Waals surface area contributed by atoms with Crippen molar-refractivity contribution in [3.05, 3.63) is 63.6 Å². The Morgan fingerprint density at radius 2 is 2.18 bits per heavy atom. The molecule has 0 radical (unpaired) electrons. The van der Waals surface area contributed by atoms with Crippen LogP contribution in [0.4, 0.5) is 0 Å². The highest BCUT2D eigenvalue weighted by atomic mass is 32.1. The fraction of sp³-hybridized carbons (Fsp3) is 0.167. The molecule has 0 unspecified atom stereocenters. The van der Waals surface area contributed by atoms with E-state index in [0.29, 0.717) is 29.4 Å². The molecule has 0 fully saturated rings. The van der Waals surface area contributed by atoms with Gasteiger partial charge in [-0.05, 0) is 43.5 Å². The fourth-order valence-corrected chi connectivity index (χ4v) is 2.71. The molecule has 1 aliphatic heterocycles. The molecule has 0 saturated heterocycles. The molecule has 2 heterocycles. The molecule has 0 atom stereocenters. The van der Waals surface area contributed by atoms with Gasteiger partial charge < -0.3 is 9.47 Å². The zero-order valence-electron chi connectivity index (χ0n) is 12.5. The molecule has 0 spiro atoms. The van der Waals surface area contributed by atoms with Crippen molar-refractivity contribution in [3.8, 4) is 11.5 Å². The molecule has 0 aliphatic carbocycles. The van der Waals surface area contributed by atoms with Gasteiger partial charge in [0.05, 0.1) is 5.56 Å². The number of ketones is 1. The van der Waals surface area contributed by atoms with Gasteiger partial charge >= 0.3 is 0 Å². The Balaban J connectivity index is 1.79. The van der Waals surface area contributed by atoms with Crippen LogP contribution in [0.15, 0.2) is 53.1 Å². The summed E-state index contributed by atoms with van der Waals surface area (Å²) < 4.78 is 11.3. The lowest BCUT2D eigenvalue weighted by atomic mass is 10.1. The third kappa shape index (κ3) is 3.12. The first-order valence-electron chi connectivity index (χ1n) is 7.01. The van der Waals surface area contributed by atoms with E-state index in [0.717, 1.165) is 4.88 Å². The molecular formula is C18H16O3S. The second-order valence-corrected chi connectivity index (χ2v) is 6.18. The summed E-state index contributed by atoms with van der Waals surface area (Å²) in [5, 5.41) is 1.97. The number of thiophene rings is 1. The van der Waals surface area contributed by atoms with Gasteiger partial charge in [0.25, 0.3) is 0 Å². The van der Waals surface area contributed by atoms with E-state index in [4.69, 9.17) is 9.47 Å². The van der Waals surface area contributed by atoms with Crippen molar-refractivity contribution in [2.75, 3.05) is 6.61 Å². The molecule has 0 N–H and O–H groups in total. The van der Waals surface area contributed by atoms with Crippen molar-refractivity contribution in [1.29, 1.82) is 0 Å². The minimum absolute atomic E-state index is 0.0840. The molecule has 0 amide bonds. The molecular weight excluding hydrogens is 296 g/mol. The van der Waals surface area contributed by atoms with Gasteiger partial charge in [0.1, 0.15) is 18.1 Å². The molecule has 22 heavy (non-hydrogen) atoms. The molecule has 1 aromatic carbocycles. The summed E-state index contributed by atoms with van der Waals surface area (Å²) in [6.45, 7) is 4.55. The largest absolute Gasteiger partial charge is 0.489 e. The standard InChI is InChI=1S/C18H16O3S/c1-12(2)7-8-20-13-5-6-15-16(10-13)21-17(18(15)19)11-14-4-3-9-22-14/h3-7,9-11H,8H2,1-2H3/b17-11-. The number of ether oxygens (including phenoxy) is 2. The van der Waals surface area contributed by atoms with Gasteiger partial charge in [-0.15, -0.1) is 11.3 Å². The van der Waals surface area contributed by atoms with Crippen LogP contribution in [0.2, 0.25) is 0 Å². The number of fused-ring (bicyclic) bond motifs is 1. The number of benzene rings is 1. The zero-order chi connectivity index (χ0) is 15.5. The number of Topliss-reactive ketones (excluding diaryl/α,β-unsaturated/α-hetero) is 1. The van der Waals surface area contributed by atoms with Crippen molar-refractivity contribution in [3.63, 3.8) is 0 Å². The van der Waals surface area contributed by atoms with Crippen LogP contribution in [-0.2, 0) is 0 Å². The molecule has 0 bridgehead atoms. The van der Waals surface area contributed by atoms with Crippen molar-refractivity contribution < 1.29 is 14.3 Å². The predicted octanol–water partition coefficient (Wildman–Crippen LogP) is 4.71. The topological polar surface area (TPSA) is 35.5 Å². The number of allylic oxidation sites excluding steroid dienone is 2. The van der Waals surface area contributed by atoms with E-state index in [1.165, 1.54) is 5.57 Å². The molecule has 4 heteroatoms. The number of hydrogen-bond donors (Lipinski definition) is 0. The van der Waals surface area contributed by atoms with Gasteiger partial charge in [0.2, 0.25) is 5.78 Å². The first kappa shape index (κ1) is 14.6. The summed E-state index contributed by atoms with van der Waals surface area (Å²) in [5.74, 6) is 1.53. The van der Waals surface area contributed by atoms with Crippen molar-refractivity contribution in [2.24, 2.45) is 0 Å². The number of hydrogen-bond acceptors (Lipinski definition) is 4. The summed E-state index contributed by atoms with van der Waals surface area (Å²) in [5.41, 5.74) is 1.78. The van der Waals surface area contributed by atoms with Crippen molar-refractivity contribution in [1.82, 2.24) is 0 Å². The molecule has 0 saturated carbocycles. The summed E-state index contributed by atoms with van der Waals surface area (Å²) in [4.78, 5) is 13.3. The quantitative estimate of drug-likeness (QED) is 0.606. The summed E-state index contributed by atoms with van der Waals surface area (Å²) in [7, 11) is 0. The Kier molecular flexibility index (Phi) is 4.11. The lowest BCUT2D eigenvalue weighted by Gasteiger charge is -2.05. The summed E-state index contributed by atoms with van der Waals surface area (Å²) in [6, 6.07) is 9.21. The van der Waals surface area contributed by atoms with Crippen LogP contribution < -0.4 is 9.47 Å². The van der Waals surface area contributed by atoms with Crippen LogP contribution >= 0.6 is 11.3 Å². The highest BCUT2D eigenvalue weighted by Gasteiger charge is 2.27. The third-order valence-electron chi connectivity index (χ3n) is 3.20. The zero-order valence-corrected chi connectivity index (χ0v) is 13.3. The lowest BCUT2D eigenvalue weighted by molar-refractivity contribution is 0.101. The first-order valence-corrected chi connectivity index (χ1v) is 7.89. The molecule has 112 valence electrons. The number of rotatable bonds is 4. The van der Waals surface area contributed by atoms with Gasteiger partial charge in [0, 0.05) is 17.0 Å². The smallest absolute Gasteiger partial charge is 0.232 e. The summed E-state index contributed by atoms with van der Waals surface area (Å²) in [6.07, 6.45) is 3.78. The van der Waals surface area contributed by atoms with E-state index in [1.54, 1.807) is 35.6 Å². The van der Waals surface area contributed by atoms with Gasteiger partial charge in [-0.3, -0.25) is 4.79 Å². The van der Waals surface area contributed by atoms with Crippen molar-refractivity contribution >= 4 is 23.2 Å². The van der Waals surface area contributed by atoms with Gasteiger partial charge in [-0.25, -0.2) is 0 Å². The highest BCUT2D eigenvalue weighted by molar-refractivity contribution is 7.10. The van der Waals surface area contributed by atoms with Gasteiger partial charge in [-0.2, -0.15) is 0 Å². The van der Waals surface area contributed by atoms with Crippen molar-refractivity contribution in [2.45, 2.75) is 13.8 Å². The number of carbonyl (C=O) groups is 1. The Morgan fingerprint density at radius 1 is 1.32 bits per heavy atom. The van der Waals surface area contributed by atoms with Crippen LogP contribution in [0.1, 0.15) is 29.1 Å². The molecule has 1 aromatic heterocycles. The van der Waals surface area contributed by atoms with E-state index in [2.05, 4.69) is 0 Å². The van der Waals surface area contributed by atoms with E-state index in [1.807, 2.05) is 37.4 Å². The van der Waals surface area contributed by atoms with Crippen LogP contribution in [0, 0.1) is 0 Å². The predicted molar refractivity (Wildman–Crippen MR) is 88.6 cm³/mol. The van der Waals surface area contributed by atoms with Crippen LogP contribution in [-0.4, -0.2) is 12.4 Å². The monoisotopic (exact) mass is 312 g/mol. The maximum Gasteiger partial charge on any atom is 0.232 e. The maximum absolute atomic E-state index is 12.3. The van der Waals surface area contributed by atoms with Crippen LogP contribution in [0.3, 0.4) is 0 Å². The molecule has 2 aromatic rings. The highest BCUT2D eigenvalue weighted by Crippen LogP contribution is 2.35. The van der Waals surface area contributed by atoms with E-state index in [-0.39, 0.29) is 5.78 Å². The van der Waals surface area contributed by atoms with Crippen LogP contribution in [0.25, 0.3) is 6.08 Å². The van der Waals surface area contributed by atoms with Crippen LogP contribution in [0.5, 0.6) is 11.5 Å². The lowest BCUT2D eigenvalue weighted by Crippen LogP contribution is -1.97. The maximum atomic E-state index is 12.3. The Labute approximate surface area is 133 Å². The SMILES string of the molecule is CC(C)=CCOc1ccc2c(c1)O/C(=C\c1cccs1)C2=O. The Morgan fingerprint density at radius 3 is 2.91 bits per heavy atom. The Hall–Kier alpha value is -2.33. The van der Waals surface area contributed by atoms with Gasteiger partial charge in [0.15, 0.2) is 5.76 Å². The van der Waals surface area contributed by atoms with E-state index >= 15 is 0 Å². The molecule has 3 nitrogen and oxygen atoms in total. The fourth-order valence-electron chi connectivity index (χ4n) is 2.06. The average molecular weight is 312 g/mol. The second kappa shape index (κ2) is 6.20. The third-order valence-corrected chi connectivity index (χ3v) is 4.02. The minimum atomic E-state index is -0.0840.